The standard InChI is InChI=1S/C12H21FN4S/c1-5-6-14-12-15-7-10(13)11(16-12)17(3)9(2)8-18-4/h7,9H,5-6,8H2,1-4H3,(H,14,15,16). The Morgan fingerprint density at radius 3 is 2.89 bits per heavy atom. The van der Waals surface area contributed by atoms with Crippen LogP contribution in [0, 0.1) is 5.82 Å². The molecule has 4 nitrogen and oxygen atoms in total. The largest absolute Gasteiger partial charge is 0.354 e. The molecular weight excluding hydrogens is 251 g/mol. The van der Waals surface area contributed by atoms with E-state index < -0.39 is 0 Å². The van der Waals surface area contributed by atoms with Crippen LogP contribution in [0.15, 0.2) is 6.20 Å². The fourth-order valence-electron chi connectivity index (χ4n) is 1.49. The molecule has 6 heteroatoms. The van der Waals surface area contributed by atoms with E-state index in [0.717, 1.165) is 18.7 Å². The zero-order valence-corrected chi connectivity index (χ0v) is 12.2. The van der Waals surface area contributed by atoms with Crippen LogP contribution in [0.3, 0.4) is 0 Å². The van der Waals surface area contributed by atoms with E-state index in [9.17, 15) is 4.39 Å². The second-order valence-corrected chi connectivity index (χ2v) is 5.12. The first kappa shape index (κ1) is 15.0. The van der Waals surface area contributed by atoms with Crippen molar-refractivity contribution < 1.29 is 4.39 Å². The van der Waals surface area contributed by atoms with Crippen molar-refractivity contribution in [2.24, 2.45) is 0 Å². The molecule has 0 aromatic carbocycles. The van der Waals surface area contributed by atoms with Crippen LogP contribution < -0.4 is 10.2 Å². The molecule has 1 aromatic rings. The Labute approximate surface area is 112 Å². The van der Waals surface area contributed by atoms with Crippen LogP contribution in [0.1, 0.15) is 20.3 Å². The van der Waals surface area contributed by atoms with E-state index in [4.69, 9.17) is 0 Å². The molecule has 0 fully saturated rings. The molecule has 102 valence electrons. The molecule has 1 unspecified atom stereocenters. The lowest BCUT2D eigenvalue weighted by atomic mass is 10.3. The summed E-state index contributed by atoms with van der Waals surface area (Å²) in [5.74, 6) is 1.38. The fraction of sp³-hybridized carbons (Fsp3) is 0.667. The summed E-state index contributed by atoms with van der Waals surface area (Å²) in [6, 6.07) is 0.225. The van der Waals surface area contributed by atoms with Gasteiger partial charge in [0, 0.05) is 25.4 Å². The minimum atomic E-state index is -0.382. The van der Waals surface area contributed by atoms with Crippen LogP contribution in [0.4, 0.5) is 16.2 Å². The van der Waals surface area contributed by atoms with Gasteiger partial charge in [0.15, 0.2) is 11.6 Å². The predicted molar refractivity (Wildman–Crippen MR) is 77.0 cm³/mol. The number of rotatable bonds is 7. The first-order valence-electron chi connectivity index (χ1n) is 6.08. The van der Waals surface area contributed by atoms with Crippen LogP contribution in [0.25, 0.3) is 0 Å². The van der Waals surface area contributed by atoms with Gasteiger partial charge >= 0.3 is 0 Å². The second kappa shape index (κ2) is 7.41. The Morgan fingerprint density at radius 1 is 1.56 bits per heavy atom. The van der Waals surface area contributed by atoms with Gasteiger partial charge in [-0.05, 0) is 19.6 Å². The molecule has 1 rings (SSSR count). The summed E-state index contributed by atoms with van der Waals surface area (Å²) < 4.78 is 13.7. The quantitative estimate of drug-likeness (QED) is 0.826. The van der Waals surface area contributed by atoms with E-state index in [0.29, 0.717) is 11.8 Å². The number of hydrogen-bond donors (Lipinski definition) is 1. The maximum absolute atomic E-state index is 13.7. The van der Waals surface area contributed by atoms with Crippen LogP contribution in [-0.4, -0.2) is 41.6 Å². The van der Waals surface area contributed by atoms with Gasteiger partial charge in [-0.15, -0.1) is 0 Å². The third-order valence-corrected chi connectivity index (χ3v) is 3.48. The smallest absolute Gasteiger partial charge is 0.224 e. The number of anilines is 2. The Bertz CT molecular complexity index is 375. The highest BCUT2D eigenvalue weighted by Gasteiger charge is 2.16. The van der Waals surface area contributed by atoms with E-state index in [-0.39, 0.29) is 11.9 Å². The Balaban J connectivity index is 2.85. The summed E-state index contributed by atoms with van der Waals surface area (Å²) in [5, 5.41) is 3.07. The third-order valence-electron chi connectivity index (χ3n) is 2.66. The van der Waals surface area contributed by atoms with Crippen LogP contribution in [0.2, 0.25) is 0 Å². The van der Waals surface area contributed by atoms with E-state index in [1.165, 1.54) is 6.20 Å². The number of nitrogens with one attached hydrogen (secondary N) is 1. The summed E-state index contributed by atoms with van der Waals surface area (Å²) in [6.07, 6.45) is 4.24. The number of halogens is 1. The summed E-state index contributed by atoms with van der Waals surface area (Å²) in [5.41, 5.74) is 0. The molecule has 18 heavy (non-hydrogen) atoms. The lowest BCUT2D eigenvalue weighted by molar-refractivity contribution is 0.599. The molecule has 0 aliphatic heterocycles. The lowest BCUT2D eigenvalue weighted by Gasteiger charge is -2.25. The molecule has 0 aliphatic rings. The Morgan fingerprint density at radius 2 is 2.28 bits per heavy atom. The van der Waals surface area contributed by atoms with Crippen molar-refractivity contribution >= 4 is 23.5 Å². The van der Waals surface area contributed by atoms with Gasteiger partial charge < -0.3 is 10.2 Å². The van der Waals surface area contributed by atoms with Gasteiger partial charge in [-0.1, -0.05) is 6.92 Å². The zero-order valence-electron chi connectivity index (χ0n) is 11.4. The minimum Gasteiger partial charge on any atom is -0.354 e. The molecule has 0 saturated heterocycles. The second-order valence-electron chi connectivity index (χ2n) is 4.21. The fourth-order valence-corrected chi connectivity index (χ4v) is 2.20. The lowest BCUT2D eigenvalue weighted by Crippen LogP contribution is -2.32. The maximum atomic E-state index is 13.7. The Kier molecular flexibility index (Phi) is 6.18. The van der Waals surface area contributed by atoms with Gasteiger partial charge in [0.25, 0.3) is 0 Å². The first-order valence-corrected chi connectivity index (χ1v) is 7.47. The van der Waals surface area contributed by atoms with Crippen molar-refractivity contribution in [1.29, 1.82) is 0 Å². The molecule has 1 N–H and O–H groups in total. The average Bonchev–Trinajstić information content (AvgIpc) is 2.37. The van der Waals surface area contributed by atoms with Gasteiger partial charge in [0.1, 0.15) is 0 Å². The highest BCUT2D eigenvalue weighted by Crippen LogP contribution is 2.19. The van der Waals surface area contributed by atoms with Gasteiger partial charge in [-0.3, -0.25) is 0 Å². The van der Waals surface area contributed by atoms with Crippen LogP contribution >= 0.6 is 11.8 Å². The molecule has 0 bridgehead atoms. The number of aromatic nitrogens is 2. The molecular formula is C12H21FN4S. The van der Waals surface area contributed by atoms with Gasteiger partial charge in [0.05, 0.1) is 6.20 Å². The zero-order chi connectivity index (χ0) is 13.5. The molecule has 0 saturated carbocycles. The van der Waals surface area contributed by atoms with Crippen LogP contribution in [0.5, 0.6) is 0 Å². The number of nitrogens with zero attached hydrogens (tertiary/aromatic N) is 3. The summed E-state index contributed by atoms with van der Waals surface area (Å²) in [6.45, 7) is 4.90. The normalized spacial score (nSPS) is 12.3. The van der Waals surface area contributed by atoms with Gasteiger partial charge in [-0.25, -0.2) is 9.37 Å². The predicted octanol–water partition coefficient (Wildman–Crippen LogP) is 2.63. The van der Waals surface area contributed by atoms with E-state index in [2.05, 4.69) is 29.1 Å². The maximum Gasteiger partial charge on any atom is 0.224 e. The molecule has 0 aliphatic carbocycles. The van der Waals surface area contributed by atoms with Gasteiger partial charge in [0.2, 0.25) is 5.95 Å². The third kappa shape index (κ3) is 4.01. The SMILES string of the molecule is CCCNc1ncc(F)c(N(C)C(C)CSC)n1. The van der Waals surface area contributed by atoms with E-state index >= 15 is 0 Å². The molecule has 1 aromatic heterocycles. The van der Waals surface area contributed by atoms with Crippen molar-refractivity contribution in [2.75, 3.05) is 35.8 Å². The van der Waals surface area contributed by atoms with E-state index in [1.807, 2.05) is 18.2 Å². The molecule has 1 atom stereocenters. The number of thioether (sulfide) groups is 1. The first-order chi connectivity index (χ1) is 8.60. The summed E-state index contributed by atoms with van der Waals surface area (Å²) in [4.78, 5) is 10.0. The topological polar surface area (TPSA) is 41.1 Å². The molecule has 0 amide bonds. The monoisotopic (exact) mass is 272 g/mol. The number of hydrogen-bond acceptors (Lipinski definition) is 5. The van der Waals surface area contributed by atoms with Gasteiger partial charge in [-0.2, -0.15) is 16.7 Å². The van der Waals surface area contributed by atoms with Crippen molar-refractivity contribution in [2.45, 2.75) is 26.3 Å². The van der Waals surface area contributed by atoms with Crippen molar-refractivity contribution in [3.63, 3.8) is 0 Å². The van der Waals surface area contributed by atoms with Crippen molar-refractivity contribution in [3.05, 3.63) is 12.0 Å². The average molecular weight is 272 g/mol. The van der Waals surface area contributed by atoms with Crippen molar-refractivity contribution in [3.8, 4) is 0 Å². The van der Waals surface area contributed by atoms with Crippen LogP contribution in [-0.2, 0) is 0 Å². The highest BCUT2D eigenvalue weighted by atomic mass is 32.2. The van der Waals surface area contributed by atoms with Crippen molar-refractivity contribution in [1.82, 2.24) is 9.97 Å². The molecule has 0 radical (unpaired) electrons. The molecule has 0 spiro atoms. The minimum absolute atomic E-state index is 0.225. The highest BCUT2D eigenvalue weighted by molar-refractivity contribution is 7.98. The van der Waals surface area contributed by atoms with E-state index in [1.54, 1.807) is 11.8 Å². The Hall–Kier alpha value is -1.04. The summed E-state index contributed by atoms with van der Waals surface area (Å²) in [7, 11) is 1.86. The molecule has 1 heterocycles. The summed E-state index contributed by atoms with van der Waals surface area (Å²) >= 11 is 1.73.